The van der Waals surface area contributed by atoms with E-state index < -0.39 is 12.2 Å². The lowest BCUT2D eigenvalue weighted by Crippen LogP contribution is -2.18. The Bertz CT molecular complexity index is 442. The molecule has 0 aliphatic heterocycles. The van der Waals surface area contributed by atoms with Gasteiger partial charge in [0.05, 0.1) is 7.11 Å². The molecule has 0 atom stereocenters. The van der Waals surface area contributed by atoms with Crippen LogP contribution in [0.2, 0.25) is 0 Å². The van der Waals surface area contributed by atoms with E-state index in [0.29, 0.717) is 0 Å². The lowest BCUT2D eigenvalue weighted by atomic mass is 10.3. The van der Waals surface area contributed by atoms with Crippen LogP contribution in [0.15, 0.2) is 10.7 Å². The summed E-state index contributed by atoms with van der Waals surface area (Å²) < 4.78 is 44.2. The van der Waals surface area contributed by atoms with Crippen LogP contribution in [0, 0.1) is 11.3 Å². The van der Waals surface area contributed by atoms with Crippen LogP contribution in [0.25, 0.3) is 0 Å². The van der Waals surface area contributed by atoms with Gasteiger partial charge < -0.3 is 9.47 Å². The maximum atomic E-state index is 12.0. The highest BCUT2D eigenvalue weighted by Gasteiger charge is 2.33. The second kappa shape index (κ2) is 4.57. The van der Waals surface area contributed by atoms with E-state index in [9.17, 15) is 13.2 Å². The second-order valence-electron chi connectivity index (χ2n) is 2.49. The molecule has 0 fully saturated rings. The Balaban J connectivity index is 3.20. The second-order valence-corrected chi connectivity index (χ2v) is 3.24. The first-order valence-corrected chi connectivity index (χ1v) is 4.57. The van der Waals surface area contributed by atoms with E-state index in [0.717, 1.165) is 6.07 Å². The van der Waals surface area contributed by atoms with Gasteiger partial charge in [0.15, 0.2) is 10.4 Å². The fourth-order valence-corrected chi connectivity index (χ4v) is 1.30. The predicted octanol–water partition coefficient (Wildman–Crippen LogP) is 2.62. The first-order chi connectivity index (χ1) is 7.37. The van der Waals surface area contributed by atoms with E-state index in [1.54, 1.807) is 0 Å². The maximum Gasteiger partial charge on any atom is 0.574 e. The largest absolute Gasteiger partial charge is 0.574 e. The Morgan fingerprint density at radius 2 is 2.12 bits per heavy atom. The molecule has 1 rings (SSSR count). The molecule has 0 radical (unpaired) electrons. The van der Waals surface area contributed by atoms with Crippen molar-refractivity contribution in [3.05, 3.63) is 16.2 Å². The highest BCUT2D eigenvalue weighted by molar-refractivity contribution is 9.10. The summed E-state index contributed by atoms with van der Waals surface area (Å²) in [5, 5.41) is 8.62. The zero-order valence-corrected chi connectivity index (χ0v) is 9.39. The molecule has 0 aliphatic carbocycles. The molecule has 0 unspecified atom stereocenters. The Morgan fingerprint density at radius 3 is 2.56 bits per heavy atom. The minimum atomic E-state index is -4.90. The molecule has 0 saturated carbocycles. The number of aromatic nitrogens is 1. The van der Waals surface area contributed by atoms with Gasteiger partial charge in [-0.1, -0.05) is 0 Å². The molecule has 0 N–H and O–H groups in total. The number of hydrogen-bond donors (Lipinski definition) is 0. The summed E-state index contributed by atoms with van der Waals surface area (Å²) >= 11 is 2.89. The summed E-state index contributed by atoms with van der Waals surface area (Å²) in [7, 11) is 1.30. The minimum absolute atomic E-state index is 0.0215. The van der Waals surface area contributed by atoms with E-state index in [2.05, 4.69) is 25.7 Å². The van der Waals surface area contributed by atoms with Crippen LogP contribution in [0.4, 0.5) is 13.2 Å². The summed E-state index contributed by atoms with van der Waals surface area (Å²) in [5.41, 5.74) is -0.364. The third-order valence-electron chi connectivity index (χ3n) is 1.46. The molecular formula is C8H4BrF3N2O2. The lowest BCUT2D eigenvalue weighted by Gasteiger charge is -2.10. The zero-order valence-electron chi connectivity index (χ0n) is 7.80. The molecule has 86 valence electrons. The summed E-state index contributed by atoms with van der Waals surface area (Å²) in [6, 6.07) is 2.63. The molecule has 0 saturated heterocycles. The number of alkyl halides is 3. The van der Waals surface area contributed by atoms with Gasteiger partial charge in [0.2, 0.25) is 5.88 Å². The number of pyridine rings is 1. The van der Waals surface area contributed by atoms with Crippen LogP contribution < -0.4 is 9.47 Å². The van der Waals surface area contributed by atoms with Crippen LogP contribution in [0.5, 0.6) is 11.6 Å². The molecule has 0 aromatic carbocycles. The van der Waals surface area contributed by atoms with Gasteiger partial charge >= 0.3 is 6.36 Å². The van der Waals surface area contributed by atoms with Gasteiger partial charge in [0.25, 0.3) is 0 Å². The normalized spacial score (nSPS) is 10.8. The van der Waals surface area contributed by atoms with E-state index >= 15 is 0 Å². The molecule has 1 heterocycles. The Hall–Kier alpha value is -1.49. The van der Waals surface area contributed by atoms with Crippen LogP contribution in [-0.2, 0) is 0 Å². The average Bonchev–Trinajstić information content (AvgIpc) is 2.16. The smallest absolute Gasteiger partial charge is 0.494 e. The van der Waals surface area contributed by atoms with Gasteiger partial charge in [-0.15, -0.1) is 13.2 Å². The van der Waals surface area contributed by atoms with Crippen LogP contribution in [0.3, 0.4) is 0 Å². The van der Waals surface area contributed by atoms with Crippen LogP contribution in [-0.4, -0.2) is 18.5 Å². The van der Waals surface area contributed by atoms with Gasteiger partial charge in [-0.3, -0.25) is 0 Å². The number of methoxy groups -OCH3 is 1. The summed E-state index contributed by atoms with van der Waals surface area (Å²) in [4.78, 5) is 3.43. The molecule has 0 aliphatic rings. The standard InChI is InChI=1S/C8H4BrF3N2O2/c1-15-5-2-4(3-13)7(14-6(5)9)16-8(10,11)12/h2H,1H3. The molecule has 1 aromatic heterocycles. The van der Waals surface area contributed by atoms with Crippen molar-refractivity contribution in [3.8, 4) is 17.7 Å². The van der Waals surface area contributed by atoms with Crippen molar-refractivity contribution in [1.82, 2.24) is 4.98 Å². The van der Waals surface area contributed by atoms with E-state index in [4.69, 9.17) is 10.00 Å². The maximum absolute atomic E-state index is 12.0. The van der Waals surface area contributed by atoms with Crippen molar-refractivity contribution in [1.29, 1.82) is 5.26 Å². The topological polar surface area (TPSA) is 55.1 Å². The van der Waals surface area contributed by atoms with E-state index in [1.807, 2.05) is 0 Å². The van der Waals surface area contributed by atoms with Crippen molar-refractivity contribution in [2.75, 3.05) is 7.11 Å². The lowest BCUT2D eigenvalue weighted by molar-refractivity contribution is -0.276. The predicted molar refractivity (Wildman–Crippen MR) is 49.9 cm³/mol. The number of ether oxygens (including phenoxy) is 2. The molecule has 4 nitrogen and oxygen atoms in total. The number of hydrogen-bond acceptors (Lipinski definition) is 4. The molecule has 1 aromatic rings. The summed E-state index contributed by atoms with van der Waals surface area (Å²) in [6.45, 7) is 0. The number of halogens is 4. The number of nitrogens with zero attached hydrogens (tertiary/aromatic N) is 2. The molecule has 0 bridgehead atoms. The average molecular weight is 297 g/mol. The third kappa shape index (κ3) is 3.00. The Morgan fingerprint density at radius 1 is 1.50 bits per heavy atom. The van der Waals surface area contributed by atoms with Gasteiger partial charge in [-0.2, -0.15) is 5.26 Å². The van der Waals surface area contributed by atoms with Crippen molar-refractivity contribution < 1.29 is 22.6 Å². The first kappa shape index (κ1) is 12.6. The quantitative estimate of drug-likeness (QED) is 0.787. The SMILES string of the molecule is COc1cc(C#N)c(OC(F)(F)F)nc1Br. The fraction of sp³-hybridized carbons (Fsp3) is 0.250. The Labute approximate surface area is 96.7 Å². The van der Waals surface area contributed by atoms with Gasteiger partial charge in [0.1, 0.15) is 11.6 Å². The van der Waals surface area contributed by atoms with Crippen molar-refractivity contribution in [2.24, 2.45) is 0 Å². The highest BCUT2D eigenvalue weighted by atomic mass is 79.9. The fourth-order valence-electron chi connectivity index (χ4n) is 0.868. The Kier molecular flexibility index (Phi) is 3.59. The van der Waals surface area contributed by atoms with Crippen molar-refractivity contribution in [2.45, 2.75) is 6.36 Å². The van der Waals surface area contributed by atoms with Gasteiger partial charge in [-0.25, -0.2) is 4.98 Å². The van der Waals surface area contributed by atoms with Crippen molar-refractivity contribution >= 4 is 15.9 Å². The van der Waals surface area contributed by atoms with Gasteiger partial charge in [-0.05, 0) is 15.9 Å². The summed E-state index contributed by atoms with van der Waals surface area (Å²) in [6.07, 6.45) is -4.90. The molecular weight excluding hydrogens is 293 g/mol. The van der Waals surface area contributed by atoms with E-state index in [1.165, 1.54) is 13.2 Å². The zero-order chi connectivity index (χ0) is 12.3. The number of rotatable bonds is 2. The molecule has 8 heteroatoms. The number of nitriles is 1. The molecule has 0 spiro atoms. The minimum Gasteiger partial charge on any atom is -0.494 e. The van der Waals surface area contributed by atoms with Crippen LogP contribution >= 0.6 is 15.9 Å². The van der Waals surface area contributed by atoms with Crippen LogP contribution in [0.1, 0.15) is 5.56 Å². The first-order valence-electron chi connectivity index (χ1n) is 3.77. The van der Waals surface area contributed by atoms with E-state index in [-0.39, 0.29) is 15.9 Å². The highest BCUT2D eigenvalue weighted by Crippen LogP contribution is 2.31. The molecule has 16 heavy (non-hydrogen) atoms. The van der Waals surface area contributed by atoms with Crippen molar-refractivity contribution in [3.63, 3.8) is 0 Å². The monoisotopic (exact) mass is 296 g/mol. The summed E-state index contributed by atoms with van der Waals surface area (Å²) in [5.74, 6) is -0.672. The molecule has 0 amide bonds. The van der Waals surface area contributed by atoms with Gasteiger partial charge in [0, 0.05) is 6.07 Å². The third-order valence-corrected chi connectivity index (χ3v) is 2.03.